The minimum atomic E-state index is -1.10. The van der Waals surface area contributed by atoms with E-state index in [1.54, 1.807) is 7.11 Å². The Hall–Kier alpha value is -2.04. The fourth-order valence-electron chi connectivity index (χ4n) is 1.68. The molecule has 0 bridgehead atoms. The van der Waals surface area contributed by atoms with Gasteiger partial charge in [-0.3, -0.25) is 9.59 Å². The van der Waals surface area contributed by atoms with Crippen molar-refractivity contribution in [3.63, 3.8) is 0 Å². The first-order valence-corrected chi connectivity index (χ1v) is 6.14. The molecule has 1 amide bonds. The van der Waals surface area contributed by atoms with Crippen molar-refractivity contribution in [2.45, 2.75) is 20.4 Å². The van der Waals surface area contributed by atoms with Crippen LogP contribution in [0.15, 0.2) is 24.3 Å². The number of methoxy groups -OCH3 is 1. The lowest BCUT2D eigenvalue weighted by molar-refractivity contribution is -0.150. The van der Waals surface area contributed by atoms with Gasteiger partial charge in [0, 0.05) is 13.1 Å². The fourth-order valence-corrected chi connectivity index (χ4v) is 1.68. The van der Waals surface area contributed by atoms with Crippen molar-refractivity contribution in [2.75, 3.05) is 13.7 Å². The molecule has 1 aromatic carbocycles. The third kappa shape index (κ3) is 3.98. The second-order valence-corrected chi connectivity index (χ2v) is 4.26. The maximum atomic E-state index is 12.0. The van der Waals surface area contributed by atoms with E-state index in [9.17, 15) is 9.59 Å². The number of carboxylic acid groups (broad SMARTS) is 1. The van der Waals surface area contributed by atoms with E-state index in [1.807, 2.05) is 31.2 Å². The van der Waals surface area contributed by atoms with Crippen LogP contribution in [0, 0.1) is 5.92 Å². The molecule has 19 heavy (non-hydrogen) atoms. The van der Waals surface area contributed by atoms with Gasteiger partial charge in [0.25, 0.3) is 0 Å². The molecule has 0 aromatic heterocycles. The second kappa shape index (κ2) is 6.78. The maximum Gasteiger partial charge on any atom is 0.315 e. The summed E-state index contributed by atoms with van der Waals surface area (Å²) in [6.07, 6.45) is 0. The zero-order chi connectivity index (χ0) is 14.4. The quantitative estimate of drug-likeness (QED) is 0.796. The Bertz CT molecular complexity index is 441. The van der Waals surface area contributed by atoms with Crippen LogP contribution >= 0.6 is 0 Å². The van der Waals surface area contributed by atoms with Crippen molar-refractivity contribution in [1.29, 1.82) is 0 Å². The summed E-state index contributed by atoms with van der Waals surface area (Å²) in [6, 6.07) is 7.35. The van der Waals surface area contributed by atoms with Crippen LogP contribution in [0.2, 0.25) is 0 Å². The summed E-state index contributed by atoms with van der Waals surface area (Å²) in [7, 11) is 1.59. The molecule has 1 aromatic rings. The van der Waals surface area contributed by atoms with Crippen LogP contribution in [0.4, 0.5) is 0 Å². The molecular weight excluding hydrogens is 246 g/mol. The molecule has 104 valence electrons. The van der Waals surface area contributed by atoms with E-state index in [1.165, 1.54) is 11.8 Å². The van der Waals surface area contributed by atoms with Crippen LogP contribution in [-0.2, 0) is 16.1 Å². The van der Waals surface area contributed by atoms with E-state index in [-0.39, 0.29) is 5.91 Å². The highest BCUT2D eigenvalue weighted by Gasteiger charge is 2.25. The number of nitrogens with zero attached hydrogens (tertiary/aromatic N) is 1. The van der Waals surface area contributed by atoms with Crippen molar-refractivity contribution in [1.82, 2.24) is 4.90 Å². The van der Waals surface area contributed by atoms with Crippen molar-refractivity contribution in [3.05, 3.63) is 29.8 Å². The number of rotatable bonds is 6. The normalized spacial score (nSPS) is 11.7. The molecule has 0 fully saturated rings. The summed E-state index contributed by atoms with van der Waals surface area (Å²) in [5.41, 5.74) is 0.939. The summed E-state index contributed by atoms with van der Waals surface area (Å²) in [5.74, 6) is -1.74. The van der Waals surface area contributed by atoms with Crippen LogP contribution in [0.25, 0.3) is 0 Å². The average Bonchev–Trinajstić information content (AvgIpc) is 2.43. The van der Waals surface area contributed by atoms with E-state index in [0.717, 1.165) is 11.3 Å². The van der Waals surface area contributed by atoms with Crippen molar-refractivity contribution in [2.24, 2.45) is 5.92 Å². The van der Waals surface area contributed by atoms with Crippen molar-refractivity contribution >= 4 is 11.9 Å². The first-order valence-electron chi connectivity index (χ1n) is 6.14. The van der Waals surface area contributed by atoms with Gasteiger partial charge in [-0.05, 0) is 31.5 Å². The molecule has 0 aliphatic carbocycles. The first kappa shape index (κ1) is 15.0. The number of carbonyl (C=O) groups excluding carboxylic acids is 1. The van der Waals surface area contributed by atoms with Crippen LogP contribution in [0.5, 0.6) is 5.75 Å². The van der Waals surface area contributed by atoms with Gasteiger partial charge >= 0.3 is 5.97 Å². The van der Waals surface area contributed by atoms with E-state index in [0.29, 0.717) is 13.1 Å². The van der Waals surface area contributed by atoms with Crippen LogP contribution < -0.4 is 4.74 Å². The Kier molecular flexibility index (Phi) is 5.36. The standard InChI is InChI=1S/C14H19NO4/c1-4-15(13(16)10(2)14(17)18)9-11-5-7-12(19-3)8-6-11/h5-8,10H,4,9H2,1-3H3,(H,17,18). The number of carbonyl (C=O) groups is 2. The molecule has 1 unspecified atom stereocenters. The minimum Gasteiger partial charge on any atom is -0.497 e. The lowest BCUT2D eigenvalue weighted by atomic mass is 10.1. The molecule has 0 spiro atoms. The zero-order valence-corrected chi connectivity index (χ0v) is 11.4. The van der Waals surface area contributed by atoms with Gasteiger partial charge in [0.05, 0.1) is 7.11 Å². The molecule has 1 rings (SSSR count). The third-order valence-electron chi connectivity index (χ3n) is 2.97. The summed E-state index contributed by atoms with van der Waals surface area (Å²) >= 11 is 0. The SMILES string of the molecule is CCN(Cc1ccc(OC)cc1)C(=O)C(C)C(=O)O. The zero-order valence-electron chi connectivity index (χ0n) is 11.4. The molecule has 0 radical (unpaired) electrons. The lowest BCUT2D eigenvalue weighted by Gasteiger charge is -2.23. The molecule has 0 heterocycles. The average molecular weight is 265 g/mol. The first-order chi connectivity index (χ1) is 8.99. The Labute approximate surface area is 112 Å². The van der Waals surface area contributed by atoms with E-state index < -0.39 is 11.9 Å². The number of benzene rings is 1. The van der Waals surface area contributed by atoms with Gasteiger partial charge in [0.1, 0.15) is 11.7 Å². The number of hydrogen-bond acceptors (Lipinski definition) is 3. The molecule has 5 nitrogen and oxygen atoms in total. The number of carboxylic acids is 1. The van der Waals surface area contributed by atoms with Crippen LogP contribution in [-0.4, -0.2) is 35.5 Å². The van der Waals surface area contributed by atoms with Gasteiger partial charge in [-0.25, -0.2) is 0 Å². The third-order valence-corrected chi connectivity index (χ3v) is 2.97. The van der Waals surface area contributed by atoms with Crippen molar-refractivity contribution in [3.8, 4) is 5.75 Å². The Morgan fingerprint density at radius 1 is 1.32 bits per heavy atom. The highest BCUT2D eigenvalue weighted by Crippen LogP contribution is 2.14. The molecular formula is C14H19NO4. The van der Waals surface area contributed by atoms with Gasteiger partial charge in [0.15, 0.2) is 0 Å². The largest absolute Gasteiger partial charge is 0.497 e. The van der Waals surface area contributed by atoms with Gasteiger partial charge in [0.2, 0.25) is 5.91 Å². The summed E-state index contributed by atoms with van der Waals surface area (Å²) in [4.78, 5) is 24.3. The smallest absolute Gasteiger partial charge is 0.315 e. The molecule has 1 N–H and O–H groups in total. The molecule has 5 heteroatoms. The van der Waals surface area contributed by atoms with Crippen molar-refractivity contribution < 1.29 is 19.4 Å². The topological polar surface area (TPSA) is 66.8 Å². The highest BCUT2D eigenvalue weighted by atomic mass is 16.5. The molecule has 0 saturated heterocycles. The van der Waals surface area contributed by atoms with E-state index >= 15 is 0 Å². The number of ether oxygens (including phenoxy) is 1. The van der Waals surface area contributed by atoms with Crippen LogP contribution in [0.3, 0.4) is 0 Å². The number of aliphatic carboxylic acids is 1. The highest BCUT2D eigenvalue weighted by molar-refractivity contribution is 5.96. The molecule has 1 atom stereocenters. The van der Waals surface area contributed by atoms with Gasteiger partial charge in [-0.15, -0.1) is 0 Å². The van der Waals surface area contributed by atoms with Crippen LogP contribution in [0.1, 0.15) is 19.4 Å². The molecule has 0 aliphatic heterocycles. The lowest BCUT2D eigenvalue weighted by Crippen LogP contribution is -2.37. The second-order valence-electron chi connectivity index (χ2n) is 4.26. The van der Waals surface area contributed by atoms with Gasteiger partial charge in [-0.2, -0.15) is 0 Å². The fraction of sp³-hybridized carbons (Fsp3) is 0.429. The Morgan fingerprint density at radius 3 is 2.32 bits per heavy atom. The van der Waals surface area contributed by atoms with Gasteiger partial charge < -0.3 is 14.7 Å². The summed E-state index contributed by atoms with van der Waals surface area (Å²) < 4.78 is 5.06. The molecule has 0 saturated carbocycles. The van der Waals surface area contributed by atoms with Gasteiger partial charge in [-0.1, -0.05) is 12.1 Å². The van der Waals surface area contributed by atoms with E-state index in [4.69, 9.17) is 9.84 Å². The Morgan fingerprint density at radius 2 is 1.89 bits per heavy atom. The predicted octanol–water partition coefficient (Wildman–Crippen LogP) is 1.76. The predicted molar refractivity (Wildman–Crippen MR) is 70.9 cm³/mol. The maximum absolute atomic E-state index is 12.0. The molecule has 0 aliphatic rings. The minimum absolute atomic E-state index is 0.370. The van der Waals surface area contributed by atoms with E-state index in [2.05, 4.69) is 0 Å². The Balaban J connectivity index is 2.75. The summed E-state index contributed by atoms with van der Waals surface area (Å²) in [5, 5.41) is 8.87. The number of hydrogen-bond donors (Lipinski definition) is 1. The summed E-state index contributed by atoms with van der Waals surface area (Å²) in [6.45, 7) is 4.11. The number of amides is 1. The monoisotopic (exact) mass is 265 g/mol.